The maximum Gasteiger partial charge on any atom is 0.271 e. The molecule has 1 atom stereocenters. The number of hydrogen-bond donors (Lipinski definition) is 5. The van der Waals surface area contributed by atoms with Gasteiger partial charge < -0.3 is 21.5 Å². The third-order valence-electron chi connectivity index (χ3n) is 4.05. The molecule has 0 bridgehead atoms. The molecule has 2 amide bonds. The smallest absolute Gasteiger partial charge is 0.271 e. The lowest BCUT2D eigenvalue weighted by atomic mass is 10.0. The lowest BCUT2D eigenvalue weighted by Gasteiger charge is -2.08. The minimum absolute atomic E-state index is 0.0449. The van der Waals surface area contributed by atoms with Crippen molar-refractivity contribution in [2.45, 2.75) is 6.35 Å². The van der Waals surface area contributed by atoms with Gasteiger partial charge in [-0.1, -0.05) is 24.3 Å². The van der Waals surface area contributed by atoms with Crippen LogP contribution in [0.15, 0.2) is 54.7 Å². The van der Waals surface area contributed by atoms with Crippen LogP contribution in [0.3, 0.4) is 0 Å². The summed E-state index contributed by atoms with van der Waals surface area (Å²) >= 11 is 0. The Bertz CT molecular complexity index is 1030. The van der Waals surface area contributed by atoms with Crippen molar-refractivity contribution in [3.05, 3.63) is 66.0 Å². The van der Waals surface area contributed by atoms with Gasteiger partial charge >= 0.3 is 0 Å². The van der Waals surface area contributed by atoms with Crippen molar-refractivity contribution < 1.29 is 14.7 Å². The van der Waals surface area contributed by atoms with E-state index in [9.17, 15) is 14.7 Å². The fourth-order valence-corrected chi connectivity index (χ4v) is 2.77. The van der Waals surface area contributed by atoms with Crippen molar-refractivity contribution >= 4 is 17.5 Å². The van der Waals surface area contributed by atoms with Gasteiger partial charge in [-0.05, 0) is 35.4 Å². The van der Waals surface area contributed by atoms with Gasteiger partial charge in [0.25, 0.3) is 11.8 Å². The fraction of sp³-hybridized carbons (Fsp3) is 0.105. The molecule has 0 saturated heterocycles. The Hall–Kier alpha value is -3.69. The lowest BCUT2D eigenvalue weighted by molar-refractivity contribution is 0.0961. The number of carbonyl (C=O) groups excluding carboxylic acids is 2. The molecular formula is C19H20N6O3. The molecular weight excluding hydrogens is 360 g/mol. The first-order valence-corrected chi connectivity index (χ1v) is 8.41. The molecule has 2 aromatic carbocycles. The van der Waals surface area contributed by atoms with Gasteiger partial charge in [-0.2, -0.15) is 5.10 Å². The number of carbonyl (C=O) groups is 2. The van der Waals surface area contributed by atoms with E-state index in [4.69, 9.17) is 11.5 Å². The van der Waals surface area contributed by atoms with Crippen LogP contribution in [0.25, 0.3) is 16.8 Å². The summed E-state index contributed by atoms with van der Waals surface area (Å²) in [5.41, 5.74) is 13.7. The van der Waals surface area contributed by atoms with Gasteiger partial charge in [0.05, 0.1) is 17.6 Å². The van der Waals surface area contributed by atoms with Gasteiger partial charge in [0, 0.05) is 12.6 Å². The summed E-state index contributed by atoms with van der Waals surface area (Å²) in [6.45, 7) is 0. The van der Waals surface area contributed by atoms with E-state index in [1.54, 1.807) is 31.3 Å². The highest BCUT2D eigenvalue weighted by Crippen LogP contribution is 2.24. The van der Waals surface area contributed by atoms with E-state index in [2.05, 4.69) is 15.7 Å². The second-order valence-corrected chi connectivity index (χ2v) is 6.00. The Kier molecular flexibility index (Phi) is 5.39. The number of aliphatic hydroxyl groups is 1. The predicted molar refractivity (Wildman–Crippen MR) is 105 cm³/mol. The Morgan fingerprint density at radius 2 is 1.82 bits per heavy atom. The van der Waals surface area contributed by atoms with Gasteiger partial charge in [-0.3, -0.25) is 15.3 Å². The van der Waals surface area contributed by atoms with E-state index in [1.807, 2.05) is 24.3 Å². The third-order valence-corrected chi connectivity index (χ3v) is 4.05. The van der Waals surface area contributed by atoms with Crippen LogP contribution in [0.2, 0.25) is 0 Å². The van der Waals surface area contributed by atoms with Crippen molar-refractivity contribution in [3.8, 4) is 16.8 Å². The van der Waals surface area contributed by atoms with Crippen molar-refractivity contribution in [3.63, 3.8) is 0 Å². The number of anilines is 1. The minimum Gasteiger partial charge on any atom is -0.364 e. The van der Waals surface area contributed by atoms with Crippen LogP contribution in [0.5, 0.6) is 0 Å². The van der Waals surface area contributed by atoms with Gasteiger partial charge in [0.15, 0.2) is 12.0 Å². The van der Waals surface area contributed by atoms with E-state index in [1.165, 1.54) is 10.9 Å². The molecule has 0 aliphatic carbocycles. The maximum absolute atomic E-state index is 11.9. The SMILES string of the molecule is CNC(=O)c1cccc(-c2cccc(-n3cc(NC(N)O)c(C(N)=O)n3)c2)c1. The number of aliphatic hydroxyl groups excluding tert-OH is 1. The molecule has 3 rings (SSSR count). The lowest BCUT2D eigenvalue weighted by Crippen LogP contribution is -2.29. The molecule has 0 aliphatic heterocycles. The normalized spacial score (nSPS) is 11.7. The average molecular weight is 380 g/mol. The van der Waals surface area contributed by atoms with Gasteiger partial charge in [-0.25, -0.2) is 4.68 Å². The third kappa shape index (κ3) is 4.00. The molecule has 1 unspecified atom stereocenters. The zero-order chi connectivity index (χ0) is 20.3. The minimum atomic E-state index is -1.37. The average Bonchev–Trinajstić information content (AvgIpc) is 3.11. The predicted octanol–water partition coefficient (Wildman–Crippen LogP) is 0.644. The molecule has 0 saturated carbocycles. The summed E-state index contributed by atoms with van der Waals surface area (Å²) in [7, 11) is 1.58. The molecule has 1 heterocycles. The largest absolute Gasteiger partial charge is 0.364 e. The van der Waals surface area contributed by atoms with Crippen LogP contribution < -0.4 is 22.1 Å². The Labute approximate surface area is 161 Å². The second kappa shape index (κ2) is 7.91. The van der Waals surface area contributed by atoms with E-state index < -0.39 is 12.3 Å². The highest BCUT2D eigenvalue weighted by atomic mass is 16.3. The van der Waals surface area contributed by atoms with Crippen molar-refractivity contribution in [1.82, 2.24) is 15.1 Å². The Morgan fingerprint density at radius 1 is 1.14 bits per heavy atom. The molecule has 28 heavy (non-hydrogen) atoms. The first kappa shape index (κ1) is 19.1. The van der Waals surface area contributed by atoms with E-state index in [0.717, 1.165) is 11.1 Å². The number of amides is 2. The van der Waals surface area contributed by atoms with Crippen LogP contribution in [-0.2, 0) is 0 Å². The van der Waals surface area contributed by atoms with Crippen LogP contribution in [0, 0.1) is 0 Å². The quantitative estimate of drug-likeness (QED) is 0.396. The molecule has 9 nitrogen and oxygen atoms in total. The molecule has 9 heteroatoms. The summed E-state index contributed by atoms with van der Waals surface area (Å²) in [5, 5.41) is 18.6. The molecule has 144 valence electrons. The first-order chi connectivity index (χ1) is 13.4. The topological polar surface area (TPSA) is 148 Å². The first-order valence-electron chi connectivity index (χ1n) is 8.41. The monoisotopic (exact) mass is 380 g/mol. The van der Waals surface area contributed by atoms with E-state index in [-0.39, 0.29) is 17.3 Å². The molecule has 3 aromatic rings. The number of nitrogens with two attached hydrogens (primary N) is 2. The summed E-state index contributed by atoms with van der Waals surface area (Å²) in [4.78, 5) is 23.5. The number of nitrogens with one attached hydrogen (secondary N) is 2. The van der Waals surface area contributed by atoms with Gasteiger partial charge in [0.1, 0.15) is 0 Å². The Balaban J connectivity index is 2.00. The van der Waals surface area contributed by atoms with Crippen molar-refractivity contribution in [1.29, 1.82) is 0 Å². The zero-order valence-corrected chi connectivity index (χ0v) is 15.1. The van der Waals surface area contributed by atoms with Crippen molar-refractivity contribution in [2.24, 2.45) is 11.5 Å². The van der Waals surface area contributed by atoms with Crippen LogP contribution in [0.4, 0.5) is 5.69 Å². The number of hydrogen-bond acceptors (Lipinski definition) is 6. The highest BCUT2D eigenvalue weighted by Gasteiger charge is 2.16. The molecule has 0 radical (unpaired) electrons. The maximum atomic E-state index is 11.9. The number of primary amides is 1. The summed E-state index contributed by atoms with van der Waals surface area (Å²) in [6, 6.07) is 14.6. The van der Waals surface area contributed by atoms with Crippen LogP contribution >= 0.6 is 0 Å². The Morgan fingerprint density at radius 3 is 2.46 bits per heavy atom. The number of nitrogens with zero attached hydrogens (tertiary/aromatic N) is 2. The molecule has 1 aromatic heterocycles. The van der Waals surface area contributed by atoms with E-state index >= 15 is 0 Å². The summed E-state index contributed by atoms with van der Waals surface area (Å²) in [6.07, 6.45) is 0.144. The second-order valence-electron chi connectivity index (χ2n) is 6.00. The summed E-state index contributed by atoms with van der Waals surface area (Å²) in [5.74, 6) is -0.927. The standard InChI is InChI=1S/C19H20N6O3/c1-22-18(27)13-6-2-4-11(8-13)12-5-3-7-14(9-12)25-10-15(23-19(21)28)16(24-25)17(20)26/h2-10,19,23,28H,21H2,1H3,(H2,20,26)(H,22,27). The van der Waals surface area contributed by atoms with Crippen LogP contribution in [-0.4, -0.2) is 40.1 Å². The molecule has 7 N–H and O–H groups in total. The molecule has 0 spiro atoms. The number of rotatable bonds is 6. The number of aromatic nitrogens is 2. The van der Waals surface area contributed by atoms with Crippen LogP contribution in [0.1, 0.15) is 20.8 Å². The van der Waals surface area contributed by atoms with Crippen molar-refractivity contribution in [2.75, 3.05) is 12.4 Å². The highest BCUT2D eigenvalue weighted by molar-refractivity contribution is 5.96. The fourth-order valence-electron chi connectivity index (χ4n) is 2.77. The number of benzene rings is 2. The van der Waals surface area contributed by atoms with E-state index in [0.29, 0.717) is 11.3 Å². The van der Waals surface area contributed by atoms with Gasteiger partial charge in [-0.15, -0.1) is 0 Å². The molecule has 0 fully saturated rings. The van der Waals surface area contributed by atoms with Gasteiger partial charge in [0.2, 0.25) is 0 Å². The zero-order valence-electron chi connectivity index (χ0n) is 15.1. The molecule has 0 aliphatic rings. The summed E-state index contributed by atoms with van der Waals surface area (Å²) < 4.78 is 1.46.